The summed E-state index contributed by atoms with van der Waals surface area (Å²) >= 11 is 0. The quantitative estimate of drug-likeness (QED) is 0.711. The number of rotatable bonds is 5. The van der Waals surface area contributed by atoms with Gasteiger partial charge in [0.25, 0.3) is 0 Å². The van der Waals surface area contributed by atoms with Gasteiger partial charge in [-0.25, -0.2) is 4.98 Å². The number of para-hydroxylation sites is 2. The zero-order chi connectivity index (χ0) is 16.2. The summed E-state index contributed by atoms with van der Waals surface area (Å²) in [5.74, 6) is 1.73. The van der Waals surface area contributed by atoms with Gasteiger partial charge in [0.2, 0.25) is 0 Å². The van der Waals surface area contributed by atoms with Crippen LogP contribution in [-0.4, -0.2) is 9.55 Å². The number of hydrogen-bond acceptors (Lipinski definition) is 3. The molecule has 0 fully saturated rings. The van der Waals surface area contributed by atoms with Crippen molar-refractivity contribution in [2.45, 2.75) is 33.4 Å². The maximum atomic E-state index is 8.89. The highest BCUT2D eigenvalue weighted by molar-refractivity contribution is 5.75. The van der Waals surface area contributed by atoms with Crippen LogP contribution in [0, 0.1) is 25.2 Å². The second-order valence-corrected chi connectivity index (χ2v) is 5.63. The van der Waals surface area contributed by atoms with E-state index in [9.17, 15) is 0 Å². The first-order chi connectivity index (χ1) is 11.2. The molecule has 0 saturated carbocycles. The standard InChI is InChI=1S/C19H19N3O/c1-14-8-9-15(2)18(12-14)23-13-19-21-16-6-3-4-7-17(16)22(19)11-5-10-20/h3-4,6-9,12H,5,11,13H2,1-2H3. The van der Waals surface area contributed by atoms with Gasteiger partial charge in [-0.15, -0.1) is 0 Å². The number of ether oxygens (including phenoxy) is 1. The third-order valence-corrected chi connectivity index (χ3v) is 3.88. The van der Waals surface area contributed by atoms with Crippen LogP contribution in [0.25, 0.3) is 11.0 Å². The van der Waals surface area contributed by atoms with E-state index in [-0.39, 0.29) is 0 Å². The molecule has 4 heteroatoms. The average molecular weight is 305 g/mol. The summed E-state index contributed by atoms with van der Waals surface area (Å²) in [6.07, 6.45) is 0.455. The fraction of sp³-hybridized carbons (Fsp3) is 0.263. The van der Waals surface area contributed by atoms with Crippen molar-refractivity contribution in [1.29, 1.82) is 5.26 Å². The summed E-state index contributed by atoms with van der Waals surface area (Å²) in [6, 6.07) is 16.3. The third-order valence-electron chi connectivity index (χ3n) is 3.88. The van der Waals surface area contributed by atoms with E-state index >= 15 is 0 Å². The van der Waals surface area contributed by atoms with Crippen LogP contribution in [0.15, 0.2) is 42.5 Å². The summed E-state index contributed by atoms with van der Waals surface area (Å²) < 4.78 is 8.06. The summed E-state index contributed by atoms with van der Waals surface area (Å²) in [4.78, 5) is 4.66. The molecule has 3 rings (SSSR count). The van der Waals surface area contributed by atoms with Gasteiger partial charge in [0.05, 0.1) is 23.5 Å². The average Bonchev–Trinajstić information content (AvgIpc) is 2.91. The molecule has 0 bridgehead atoms. The lowest BCUT2D eigenvalue weighted by Gasteiger charge is -2.11. The van der Waals surface area contributed by atoms with Crippen LogP contribution < -0.4 is 4.74 Å². The van der Waals surface area contributed by atoms with E-state index in [0.29, 0.717) is 19.6 Å². The predicted octanol–water partition coefficient (Wildman–Crippen LogP) is 4.15. The Hall–Kier alpha value is -2.80. The van der Waals surface area contributed by atoms with Gasteiger partial charge < -0.3 is 9.30 Å². The van der Waals surface area contributed by atoms with Crippen LogP contribution in [0.4, 0.5) is 0 Å². The third kappa shape index (κ3) is 3.19. The first-order valence-electron chi connectivity index (χ1n) is 7.70. The molecule has 116 valence electrons. The molecule has 23 heavy (non-hydrogen) atoms. The Morgan fingerprint density at radius 1 is 1.17 bits per heavy atom. The van der Waals surface area contributed by atoms with E-state index in [1.807, 2.05) is 37.3 Å². The normalized spacial score (nSPS) is 10.7. The molecule has 0 aliphatic heterocycles. The van der Waals surface area contributed by atoms with Crippen LogP contribution in [0.2, 0.25) is 0 Å². The number of hydrogen-bond donors (Lipinski definition) is 0. The maximum Gasteiger partial charge on any atom is 0.148 e. The number of benzene rings is 2. The lowest BCUT2D eigenvalue weighted by atomic mass is 10.1. The zero-order valence-corrected chi connectivity index (χ0v) is 13.4. The number of nitriles is 1. The molecular formula is C19H19N3O. The van der Waals surface area contributed by atoms with Crippen LogP contribution in [0.5, 0.6) is 5.75 Å². The van der Waals surface area contributed by atoms with E-state index in [0.717, 1.165) is 28.2 Å². The van der Waals surface area contributed by atoms with Gasteiger partial charge in [-0.1, -0.05) is 24.3 Å². The van der Waals surface area contributed by atoms with Crippen molar-refractivity contribution >= 4 is 11.0 Å². The highest BCUT2D eigenvalue weighted by Crippen LogP contribution is 2.22. The number of aromatic nitrogens is 2. The van der Waals surface area contributed by atoms with Gasteiger partial charge in [0.1, 0.15) is 18.2 Å². The first kappa shape index (κ1) is 15.1. The van der Waals surface area contributed by atoms with Crippen LogP contribution in [-0.2, 0) is 13.2 Å². The fourth-order valence-electron chi connectivity index (χ4n) is 2.65. The Labute approximate surface area is 136 Å². The van der Waals surface area contributed by atoms with Crippen LogP contribution in [0.3, 0.4) is 0 Å². The lowest BCUT2D eigenvalue weighted by Crippen LogP contribution is -2.08. The van der Waals surface area contributed by atoms with Crippen molar-refractivity contribution in [3.05, 3.63) is 59.4 Å². The van der Waals surface area contributed by atoms with Gasteiger partial charge >= 0.3 is 0 Å². The number of imidazole rings is 1. The van der Waals surface area contributed by atoms with Gasteiger partial charge in [0.15, 0.2) is 0 Å². The number of fused-ring (bicyclic) bond motifs is 1. The molecule has 4 nitrogen and oxygen atoms in total. The van der Waals surface area contributed by atoms with Crippen molar-refractivity contribution in [1.82, 2.24) is 9.55 Å². The Kier molecular flexibility index (Phi) is 4.29. The molecule has 2 aromatic carbocycles. The Morgan fingerprint density at radius 2 is 2.00 bits per heavy atom. The molecular weight excluding hydrogens is 286 g/mol. The van der Waals surface area contributed by atoms with Crippen molar-refractivity contribution < 1.29 is 4.74 Å². The Balaban J connectivity index is 1.90. The van der Waals surface area contributed by atoms with Crippen molar-refractivity contribution in [2.24, 2.45) is 0 Å². The second kappa shape index (κ2) is 6.53. The van der Waals surface area contributed by atoms with E-state index in [1.165, 1.54) is 5.56 Å². The number of aryl methyl sites for hydroxylation is 3. The molecule has 3 aromatic rings. The molecule has 0 radical (unpaired) electrons. The smallest absolute Gasteiger partial charge is 0.148 e. The minimum absolute atomic E-state index is 0.393. The van der Waals surface area contributed by atoms with Gasteiger partial charge in [-0.3, -0.25) is 0 Å². The monoisotopic (exact) mass is 305 g/mol. The maximum absolute atomic E-state index is 8.89. The molecule has 0 atom stereocenters. The van der Waals surface area contributed by atoms with E-state index in [2.05, 4.69) is 34.7 Å². The summed E-state index contributed by atoms with van der Waals surface area (Å²) in [5.41, 5.74) is 4.26. The highest BCUT2D eigenvalue weighted by atomic mass is 16.5. The van der Waals surface area contributed by atoms with Crippen molar-refractivity contribution in [2.75, 3.05) is 0 Å². The molecule has 1 aromatic heterocycles. The van der Waals surface area contributed by atoms with E-state index < -0.39 is 0 Å². The fourth-order valence-corrected chi connectivity index (χ4v) is 2.65. The van der Waals surface area contributed by atoms with E-state index in [1.54, 1.807) is 0 Å². The van der Waals surface area contributed by atoms with Gasteiger partial charge in [0, 0.05) is 6.54 Å². The van der Waals surface area contributed by atoms with E-state index in [4.69, 9.17) is 10.00 Å². The number of nitrogens with zero attached hydrogens (tertiary/aromatic N) is 3. The molecule has 1 heterocycles. The van der Waals surface area contributed by atoms with Gasteiger partial charge in [-0.05, 0) is 43.2 Å². The van der Waals surface area contributed by atoms with Gasteiger partial charge in [-0.2, -0.15) is 5.26 Å². The molecule has 0 unspecified atom stereocenters. The summed E-state index contributed by atoms with van der Waals surface area (Å²) in [6.45, 7) is 5.11. The molecule has 0 aliphatic rings. The highest BCUT2D eigenvalue weighted by Gasteiger charge is 2.11. The Morgan fingerprint density at radius 3 is 2.83 bits per heavy atom. The summed E-state index contributed by atoms with van der Waals surface area (Å²) in [5, 5.41) is 8.89. The zero-order valence-electron chi connectivity index (χ0n) is 13.4. The van der Waals surface area contributed by atoms with Crippen molar-refractivity contribution in [3.63, 3.8) is 0 Å². The largest absolute Gasteiger partial charge is 0.485 e. The lowest BCUT2D eigenvalue weighted by molar-refractivity contribution is 0.288. The molecule has 0 spiro atoms. The minimum Gasteiger partial charge on any atom is -0.485 e. The first-order valence-corrected chi connectivity index (χ1v) is 7.70. The second-order valence-electron chi connectivity index (χ2n) is 5.63. The predicted molar refractivity (Wildman–Crippen MR) is 90.2 cm³/mol. The topological polar surface area (TPSA) is 50.8 Å². The van der Waals surface area contributed by atoms with Crippen LogP contribution in [0.1, 0.15) is 23.4 Å². The van der Waals surface area contributed by atoms with Crippen molar-refractivity contribution in [3.8, 4) is 11.8 Å². The minimum atomic E-state index is 0.393. The Bertz CT molecular complexity index is 874. The van der Waals surface area contributed by atoms with Crippen LogP contribution >= 0.6 is 0 Å². The molecule has 0 saturated heterocycles. The summed E-state index contributed by atoms with van der Waals surface area (Å²) in [7, 11) is 0. The SMILES string of the molecule is Cc1ccc(C)c(OCc2nc3ccccc3n2CCC#N)c1. The molecule has 0 aliphatic carbocycles. The molecule has 0 N–H and O–H groups in total. The molecule has 0 amide bonds.